The highest BCUT2D eigenvalue weighted by molar-refractivity contribution is 8.00. The molecule has 1 N–H and O–H groups in total. The third-order valence-electron chi connectivity index (χ3n) is 4.04. The van der Waals surface area contributed by atoms with Gasteiger partial charge in [-0.3, -0.25) is 4.79 Å². The molecule has 1 aliphatic rings. The van der Waals surface area contributed by atoms with E-state index in [1.54, 1.807) is 6.07 Å². The van der Waals surface area contributed by atoms with Crippen LogP contribution in [-0.2, 0) is 23.8 Å². The quantitative estimate of drug-likeness (QED) is 0.731. The number of nitriles is 1. The number of amides is 1. The molecule has 1 amide bonds. The van der Waals surface area contributed by atoms with Crippen LogP contribution in [0.1, 0.15) is 28.8 Å². The fourth-order valence-electron chi connectivity index (χ4n) is 2.76. The SMILES string of the molecule is N#Cc1cc2c(nc1SCC(=O)Nc1cc(C(F)(F)F)ccc1Cl)CCC2. The molecule has 140 valence electrons. The van der Waals surface area contributed by atoms with Gasteiger partial charge in [0.2, 0.25) is 5.91 Å². The Morgan fingerprint density at radius 1 is 1.33 bits per heavy atom. The zero-order valence-electron chi connectivity index (χ0n) is 13.9. The standard InChI is InChI=1S/C18H13ClF3N3OS/c19-13-5-4-12(18(20,21)22)7-15(13)24-16(26)9-27-17-11(8-23)6-10-2-1-3-14(10)25-17/h4-7H,1-3,9H2,(H,24,26). The van der Waals surface area contributed by atoms with E-state index in [4.69, 9.17) is 11.6 Å². The van der Waals surface area contributed by atoms with Crippen LogP contribution in [0.5, 0.6) is 0 Å². The fraction of sp³-hybridized carbons (Fsp3) is 0.278. The molecular weight excluding hydrogens is 399 g/mol. The zero-order chi connectivity index (χ0) is 19.6. The molecule has 2 aromatic rings. The number of thioether (sulfide) groups is 1. The molecule has 1 aromatic heterocycles. The Labute approximate surface area is 162 Å². The Bertz CT molecular complexity index is 941. The van der Waals surface area contributed by atoms with Gasteiger partial charge in [-0.15, -0.1) is 0 Å². The molecule has 1 aromatic carbocycles. The summed E-state index contributed by atoms with van der Waals surface area (Å²) in [7, 11) is 0. The largest absolute Gasteiger partial charge is 0.416 e. The van der Waals surface area contributed by atoms with E-state index in [0.717, 1.165) is 60.5 Å². The molecule has 0 fully saturated rings. The maximum atomic E-state index is 12.8. The first-order chi connectivity index (χ1) is 12.8. The van der Waals surface area contributed by atoms with Gasteiger partial charge >= 0.3 is 6.18 Å². The van der Waals surface area contributed by atoms with Gasteiger partial charge < -0.3 is 5.32 Å². The van der Waals surface area contributed by atoms with Gasteiger partial charge in [0.1, 0.15) is 11.1 Å². The van der Waals surface area contributed by atoms with Crippen LogP contribution in [-0.4, -0.2) is 16.6 Å². The maximum absolute atomic E-state index is 12.8. The zero-order valence-corrected chi connectivity index (χ0v) is 15.4. The molecule has 3 rings (SSSR count). The summed E-state index contributed by atoms with van der Waals surface area (Å²) in [6.45, 7) is 0. The van der Waals surface area contributed by atoms with Crippen molar-refractivity contribution in [2.45, 2.75) is 30.5 Å². The lowest BCUT2D eigenvalue weighted by Crippen LogP contribution is -2.15. The summed E-state index contributed by atoms with van der Waals surface area (Å²) >= 11 is 6.94. The van der Waals surface area contributed by atoms with Crippen LogP contribution in [0.25, 0.3) is 0 Å². The third kappa shape index (κ3) is 4.54. The predicted octanol–water partition coefficient (Wildman–Crippen LogP) is 4.84. The molecule has 1 heterocycles. The number of carbonyl (C=O) groups excluding carboxylic acids is 1. The lowest BCUT2D eigenvalue weighted by molar-refractivity contribution is -0.137. The Hall–Kier alpha value is -2.24. The number of benzene rings is 1. The average molecular weight is 412 g/mol. The number of hydrogen-bond donors (Lipinski definition) is 1. The minimum absolute atomic E-state index is 0.00900. The average Bonchev–Trinajstić information content (AvgIpc) is 3.07. The fourth-order valence-corrected chi connectivity index (χ4v) is 3.70. The van der Waals surface area contributed by atoms with Gasteiger partial charge in [0.15, 0.2) is 0 Å². The van der Waals surface area contributed by atoms with E-state index < -0.39 is 17.6 Å². The molecule has 0 bridgehead atoms. The monoisotopic (exact) mass is 411 g/mol. The number of nitrogens with one attached hydrogen (secondary N) is 1. The minimum Gasteiger partial charge on any atom is -0.324 e. The summed E-state index contributed by atoms with van der Waals surface area (Å²) in [5.74, 6) is -0.639. The van der Waals surface area contributed by atoms with Crippen molar-refractivity contribution in [1.29, 1.82) is 5.26 Å². The second-order valence-electron chi connectivity index (χ2n) is 5.94. The number of halogens is 4. The van der Waals surface area contributed by atoms with Crippen molar-refractivity contribution in [2.24, 2.45) is 0 Å². The summed E-state index contributed by atoms with van der Waals surface area (Å²) in [6, 6.07) is 6.59. The van der Waals surface area contributed by atoms with E-state index in [9.17, 15) is 23.2 Å². The molecule has 4 nitrogen and oxygen atoms in total. The second kappa shape index (κ2) is 7.79. The van der Waals surface area contributed by atoms with Crippen LogP contribution in [0.3, 0.4) is 0 Å². The van der Waals surface area contributed by atoms with Crippen molar-refractivity contribution >= 4 is 35.0 Å². The first-order valence-electron chi connectivity index (χ1n) is 8.00. The molecule has 1 aliphatic carbocycles. The highest BCUT2D eigenvalue weighted by Crippen LogP contribution is 2.34. The van der Waals surface area contributed by atoms with Crippen LogP contribution in [0.15, 0.2) is 29.3 Å². The van der Waals surface area contributed by atoms with Gasteiger partial charge in [-0.1, -0.05) is 23.4 Å². The third-order valence-corrected chi connectivity index (χ3v) is 5.36. The molecule has 0 saturated heterocycles. The van der Waals surface area contributed by atoms with Crippen LogP contribution >= 0.6 is 23.4 Å². The van der Waals surface area contributed by atoms with Crippen molar-refractivity contribution in [3.8, 4) is 6.07 Å². The summed E-state index contributed by atoms with van der Waals surface area (Å²) in [6.07, 6.45) is -1.83. The number of aryl methyl sites for hydroxylation is 2. The van der Waals surface area contributed by atoms with Gasteiger partial charge in [-0.25, -0.2) is 4.98 Å². The topological polar surface area (TPSA) is 65.8 Å². The van der Waals surface area contributed by atoms with Crippen molar-refractivity contribution in [3.63, 3.8) is 0 Å². The molecule has 0 saturated carbocycles. The van der Waals surface area contributed by atoms with Crippen molar-refractivity contribution in [2.75, 3.05) is 11.1 Å². The highest BCUT2D eigenvalue weighted by atomic mass is 35.5. The van der Waals surface area contributed by atoms with Gasteiger partial charge in [-0.05, 0) is 49.1 Å². The summed E-state index contributed by atoms with van der Waals surface area (Å²) < 4.78 is 38.4. The van der Waals surface area contributed by atoms with Gasteiger partial charge in [0, 0.05) is 5.69 Å². The van der Waals surface area contributed by atoms with Gasteiger partial charge in [0.25, 0.3) is 0 Å². The normalized spacial score (nSPS) is 13.1. The number of fused-ring (bicyclic) bond motifs is 1. The molecule has 0 aliphatic heterocycles. The minimum atomic E-state index is -4.53. The summed E-state index contributed by atoms with van der Waals surface area (Å²) in [4.78, 5) is 16.6. The first-order valence-corrected chi connectivity index (χ1v) is 9.36. The molecule has 0 unspecified atom stereocenters. The number of carbonyl (C=O) groups is 1. The molecule has 0 spiro atoms. The molecular formula is C18H13ClF3N3OS. The van der Waals surface area contributed by atoms with Crippen LogP contribution in [0.4, 0.5) is 18.9 Å². The van der Waals surface area contributed by atoms with E-state index in [1.807, 2.05) is 0 Å². The van der Waals surface area contributed by atoms with Crippen molar-refractivity contribution < 1.29 is 18.0 Å². The first kappa shape index (κ1) is 19.5. The maximum Gasteiger partial charge on any atom is 0.416 e. The van der Waals surface area contributed by atoms with Crippen molar-refractivity contribution in [1.82, 2.24) is 4.98 Å². The molecule has 0 atom stereocenters. The van der Waals surface area contributed by atoms with E-state index in [-0.39, 0.29) is 16.5 Å². The smallest absolute Gasteiger partial charge is 0.324 e. The number of rotatable bonds is 4. The number of aromatic nitrogens is 1. The Morgan fingerprint density at radius 2 is 2.11 bits per heavy atom. The van der Waals surface area contributed by atoms with Crippen LogP contribution in [0, 0.1) is 11.3 Å². The number of nitrogens with zero attached hydrogens (tertiary/aromatic N) is 2. The Balaban J connectivity index is 1.70. The second-order valence-corrected chi connectivity index (χ2v) is 7.31. The number of alkyl halides is 3. The molecule has 27 heavy (non-hydrogen) atoms. The highest BCUT2D eigenvalue weighted by Gasteiger charge is 2.31. The van der Waals surface area contributed by atoms with Gasteiger partial charge in [0.05, 0.1) is 27.6 Å². The number of anilines is 1. The lowest BCUT2D eigenvalue weighted by atomic mass is 10.2. The predicted molar refractivity (Wildman–Crippen MR) is 96.8 cm³/mol. The summed E-state index contributed by atoms with van der Waals surface area (Å²) in [5, 5.41) is 12.1. The number of hydrogen-bond acceptors (Lipinski definition) is 4. The van der Waals surface area contributed by atoms with Gasteiger partial charge in [-0.2, -0.15) is 18.4 Å². The van der Waals surface area contributed by atoms with E-state index >= 15 is 0 Å². The summed E-state index contributed by atoms with van der Waals surface area (Å²) in [5.41, 5.74) is 1.36. The Morgan fingerprint density at radius 3 is 2.81 bits per heavy atom. The molecule has 9 heteroatoms. The van der Waals surface area contributed by atoms with E-state index in [0.29, 0.717) is 10.6 Å². The van der Waals surface area contributed by atoms with Crippen molar-refractivity contribution in [3.05, 3.63) is 51.7 Å². The lowest BCUT2D eigenvalue weighted by Gasteiger charge is -2.12. The number of pyridine rings is 1. The molecule has 0 radical (unpaired) electrons. The van der Waals surface area contributed by atoms with E-state index in [2.05, 4.69) is 16.4 Å². The van der Waals surface area contributed by atoms with E-state index in [1.165, 1.54) is 0 Å². The van der Waals surface area contributed by atoms with Crippen LogP contribution in [0.2, 0.25) is 5.02 Å². The Kier molecular flexibility index (Phi) is 5.63. The van der Waals surface area contributed by atoms with Crippen LogP contribution < -0.4 is 5.32 Å².